The second-order valence-corrected chi connectivity index (χ2v) is 15.8. The van der Waals surface area contributed by atoms with E-state index >= 15 is 0 Å². The molecule has 0 radical (unpaired) electrons. The van der Waals surface area contributed by atoms with Gasteiger partial charge in [0.15, 0.2) is 47.6 Å². The van der Waals surface area contributed by atoms with Gasteiger partial charge in [0.05, 0.1) is 63.3 Å². The van der Waals surface area contributed by atoms with Crippen molar-refractivity contribution in [3.63, 3.8) is 0 Å². The van der Waals surface area contributed by atoms with Gasteiger partial charge in [0.2, 0.25) is 12.5 Å². The maximum Gasteiger partial charge on any atom is 0.338 e. The highest BCUT2D eigenvalue weighted by Gasteiger charge is 2.56. The summed E-state index contributed by atoms with van der Waals surface area (Å²) in [5.74, 6) is -2.65. The van der Waals surface area contributed by atoms with Crippen LogP contribution in [-0.2, 0) is 38.0 Å². The van der Waals surface area contributed by atoms with Crippen LogP contribution >= 0.6 is 0 Å². The van der Waals surface area contributed by atoms with Gasteiger partial charge in [0.1, 0.15) is 6.10 Å². The molecule has 342 valence electrons. The lowest BCUT2D eigenvalue weighted by molar-refractivity contribution is -0.296. The van der Waals surface area contributed by atoms with Gasteiger partial charge in [-0.15, -0.1) is 0 Å². The summed E-state index contributed by atoms with van der Waals surface area (Å²) in [7, 11) is 5.87. The molecule has 2 fully saturated rings. The Morgan fingerprint density at radius 3 is 1.64 bits per heavy atom. The zero-order chi connectivity index (χ0) is 45.9. The van der Waals surface area contributed by atoms with E-state index in [4.69, 9.17) is 56.8 Å². The van der Waals surface area contributed by atoms with Crippen molar-refractivity contribution in [1.82, 2.24) is 0 Å². The highest BCUT2D eigenvalue weighted by molar-refractivity contribution is 5.91. The van der Waals surface area contributed by atoms with Crippen molar-refractivity contribution in [2.75, 3.05) is 48.4 Å². The second kappa shape index (κ2) is 19.1. The van der Waals surface area contributed by atoms with Crippen LogP contribution in [0.4, 0.5) is 0 Å². The molecule has 3 aliphatic heterocycles. The number of fused-ring (bicyclic) bond motifs is 3. The minimum absolute atomic E-state index is 0.00353. The van der Waals surface area contributed by atoms with Gasteiger partial charge in [-0.2, -0.15) is 0 Å². The summed E-state index contributed by atoms with van der Waals surface area (Å²) < 4.78 is 72.3. The molecule has 66 heavy (non-hydrogen) atoms. The van der Waals surface area contributed by atoms with Crippen LogP contribution in [0.2, 0.25) is 0 Å². The molecule has 0 amide bonds. The van der Waals surface area contributed by atoms with E-state index < -0.39 is 78.4 Å². The Morgan fingerprint density at radius 1 is 0.606 bits per heavy atom. The largest absolute Gasteiger partial charge is 0.493 e. The number of carbonyl (C=O) groups excluding carboxylic acids is 4. The number of methoxy groups -OCH3 is 4. The Hall–Kier alpha value is -7.14. The summed E-state index contributed by atoms with van der Waals surface area (Å²) in [4.78, 5) is 55.7. The molecule has 3 heterocycles. The molecule has 0 N–H and O–H groups in total. The molecule has 16 heteroatoms. The predicted molar refractivity (Wildman–Crippen MR) is 230 cm³/mol. The smallest absolute Gasteiger partial charge is 0.338 e. The average Bonchev–Trinajstić information content (AvgIpc) is 3.99. The van der Waals surface area contributed by atoms with Gasteiger partial charge in [-0.3, -0.25) is 4.79 Å². The minimum Gasteiger partial charge on any atom is -0.493 e. The number of carbonyl (C=O) groups is 4. The van der Waals surface area contributed by atoms with Gasteiger partial charge >= 0.3 is 23.9 Å². The minimum atomic E-state index is -1.51. The van der Waals surface area contributed by atoms with Crippen LogP contribution in [0.15, 0.2) is 115 Å². The average molecular weight is 903 g/mol. The molecule has 2 saturated heterocycles. The number of cyclic esters (lactones) is 1. The predicted octanol–water partition coefficient (Wildman–Crippen LogP) is 6.48. The van der Waals surface area contributed by atoms with Gasteiger partial charge in [-0.1, -0.05) is 54.6 Å². The zero-order valence-corrected chi connectivity index (χ0v) is 36.3. The Morgan fingerprint density at radius 2 is 1.12 bits per heavy atom. The lowest BCUT2D eigenvalue weighted by atomic mass is 9.66. The van der Waals surface area contributed by atoms with Crippen molar-refractivity contribution in [1.29, 1.82) is 0 Å². The van der Waals surface area contributed by atoms with Gasteiger partial charge in [-0.25, -0.2) is 14.4 Å². The van der Waals surface area contributed by atoms with Crippen LogP contribution in [0.1, 0.15) is 59.8 Å². The van der Waals surface area contributed by atoms with Gasteiger partial charge in [0.25, 0.3) is 0 Å². The molecule has 0 spiro atoms. The highest BCUT2D eigenvalue weighted by atomic mass is 16.7. The van der Waals surface area contributed by atoms with Gasteiger partial charge in [-0.05, 0) is 77.4 Å². The van der Waals surface area contributed by atoms with Crippen LogP contribution in [0.5, 0.6) is 28.7 Å². The molecule has 0 aromatic heterocycles. The fourth-order valence-corrected chi connectivity index (χ4v) is 9.11. The van der Waals surface area contributed by atoms with E-state index in [9.17, 15) is 19.2 Å². The molecule has 9 atom stereocenters. The third-order valence-electron chi connectivity index (χ3n) is 12.2. The number of esters is 4. The first kappa shape index (κ1) is 44.1. The standard InChI is InChI=1S/C50H46O16/c1-55-36-20-30(21-37(56-2)42(36)57-3)39-31-22-34-35(62-26-61-34)23-32(31)41(33-24-60-49(54)40(33)39)59-25-38-43(64-46(51)27-14-8-5-9-15-27)44(65-47(52)28-16-10-6-11-17-28)45(50(58-4)63-38)66-48(53)29-18-12-7-13-19-29/h5-23,33,38-41,43-45,50H,24-26H2,1-4H3/t33-,38+,39+,40-,41+,43+,44-,45+,50-/m0/s1. The Kier molecular flexibility index (Phi) is 12.8. The Bertz CT molecular complexity index is 2540. The van der Waals surface area contributed by atoms with E-state index in [1.807, 2.05) is 12.1 Å². The quantitative estimate of drug-likeness (QED) is 0.0872. The molecule has 4 aliphatic rings. The summed E-state index contributed by atoms with van der Waals surface area (Å²) in [5, 5.41) is 0. The Balaban J connectivity index is 1.11. The normalized spacial score (nSPS) is 24.8. The second-order valence-electron chi connectivity index (χ2n) is 15.8. The number of ether oxygens (including phenoxy) is 12. The molecule has 5 aromatic rings. The van der Waals surface area contributed by atoms with Crippen LogP contribution in [0.25, 0.3) is 0 Å². The van der Waals surface area contributed by atoms with E-state index in [0.717, 1.165) is 0 Å². The molecule has 0 unspecified atom stereocenters. The topological polar surface area (TPSA) is 179 Å². The summed E-state index contributed by atoms with van der Waals surface area (Å²) in [6, 6.07) is 31.9. The van der Waals surface area contributed by atoms with Crippen LogP contribution in [0, 0.1) is 11.8 Å². The monoisotopic (exact) mass is 902 g/mol. The summed E-state index contributed by atoms with van der Waals surface area (Å²) in [5.41, 5.74) is 2.61. The van der Waals surface area contributed by atoms with Gasteiger partial charge < -0.3 is 56.8 Å². The third kappa shape index (κ3) is 8.45. The van der Waals surface area contributed by atoms with Crippen LogP contribution in [-0.4, -0.2) is 103 Å². The van der Waals surface area contributed by atoms with Crippen molar-refractivity contribution >= 4 is 23.9 Å². The third-order valence-corrected chi connectivity index (χ3v) is 12.2. The summed E-state index contributed by atoms with van der Waals surface area (Å²) in [6.45, 7) is -0.345. The van der Waals surface area contributed by atoms with Crippen molar-refractivity contribution in [2.24, 2.45) is 11.8 Å². The maximum atomic E-state index is 14.0. The molecule has 9 rings (SSSR count). The fourth-order valence-electron chi connectivity index (χ4n) is 9.11. The van der Waals surface area contributed by atoms with E-state index in [1.165, 1.54) is 28.4 Å². The van der Waals surface area contributed by atoms with Crippen molar-refractivity contribution in [3.8, 4) is 28.7 Å². The molecular formula is C50H46O16. The lowest BCUT2D eigenvalue weighted by Crippen LogP contribution is -2.63. The van der Waals surface area contributed by atoms with E-state index in [2.05, 4.69) is 0 Å². The number of hydrogen-bond acceptors (Lipinski definition) is 16. The molecule has 5 aromatic carbocycles. The van der Waals surface area contributed by atoms with Crippen molar-refractivity contribution < 1.29 is 76.0 Å². The van der Waals surface area contributed by atoms with Crippen LogP contribution in [0.3, 0.4) is 0 Å². The molecular weight excluding hydrogens is 857 g/mol. The number of benzene rings is 5. The fraction of sp³-hybridized carbons (Fsp3) is 0.320. The van der Waals surface area contributed by atoms with Gasteiger partial charge in [0, 0.05) is 18.9 Å². The van der Waals surface area contributed by atoms with E-state index in [0.29, 0.717) is 45.4 Å². The first-order chi connectivity index (χ1) is 32.2. The molecule has 0 bridgehead atoms. The summed E-state index contributed by atoms with van der Waals surface area (Å²) >= 11 is 0. The first-order valence-corrected chi connectivity index (χ1v) is 21.2. The Labute approximate surface area is 379 Å². The lowest BCUT2D eigenvalue weighted by Gasteiger charge is -2.45. The number of rotatable bonds is 14. The van der Waals surface area contributed by atoms with E-state index in [1.54, 1.807) is 103 Å². The molecule has 1 aliphatic carbocycles. The van der Waals surface area contributed by atoms with Crippen LogP contribution < -0.4 is 23.7 Å². The molecule has 0 saturated carbocycles. The SMILES string of the molecule is COc1cc([C@@H]2c3cc4c(cc3[C@@H](OC[C@H]3O[C@H](OC)[C@H](OC(=O)c5ccccc5)[C@@H](OC(=O)c5ccccc5)[C@@H]3OC(=O)c3ccccc3)[C@H]3COC(=O)[C@H]23)OCO4)cc(OC)c1OC. The highest BCUT2D eigenvalue weighted by Crippen LogP contribution is 2.56. The molecule has 16 nitrogen and oxygen atoms in total. The first-order valence-electron chi connectivity index (χ1n) is 21.2. The maximum absolute atomic E-state index is 14.0. The zero-order valence-electron chi connectivity index (χ0n) is 36.3. The van der Waals surface area contributed by atoms with Crippen molar-refractivity contribution in [3.05, 3.63) is 149 Å². The van der Waals surface area contributed by atoms with E-state index in [-0.39, 0.29) is 36.7 Å². The number of hydrogen-bond donors (Lipinski definition) is 0. The van der Waals surface area contributed by atoms with Crippen molar-refractivity contribution in [2.45, 2.75) is 42.7 Å². The summed E-state index contributed by atoms with van der Waals surface area (Å²) in [6.07, 6.45) is -7.88.